The molecule has 3 nitrogen and oxygen atoms in total. The van der Waals surface area contributed by atoms with Gasteiger partial charge in [-0.3, -0.25) is 4.90 Å². The minimum atomic E-state index is -0.0231. The molecule has 1 N–H and O–H groups in total. The highest BCUT2D eigenvalue weighted by Crippen LogP contribution is 2.47. The zero-order chi connectivity index (χ0) is 17.1. The van der Waals surface area contributed by atoms with Gasteiger partial charge in [0.2, 0.25) is 0 Å². The van der Waals surface area contributed by atoms with Gasteiger partial charge >= 0.3 is 0 Å². The van der Waals surface area contributed by atoms with Gasteiger partial charge in [-0.15, -0.1) is 0 Å². The van der Waals surface area contributed by atoms with Crippen molar-refractivity contribution in [3.8, 4) is 0 Å². The topological polar surface area (TPSA) is 36.6 Å². The molecule has 1 saturated heterocycles. The van der Waals surface area contributed by atoms with Gasteiger partial charge in [-0.2, -0.15) is 0 Å². The van der Waals surface area contributed by atoms with Gasteiger partial charge in [-0.05, 0) is 29.7 Å². The number of furan rings is 1. The zero-order valence-corrected chi connectivity index (χ0v) is 14.2. The molecule has 2 heterocycles. The summed E-state index contributed by atoms with van der Waals surface area (Å²) in [5.74, 6) is 1.34. The van der Waals surface area contributed by atoms with E-state index in [1.807, 2.05) is 24.3 Å². The second-order valence-electron chi connectivity index (χ2n) is 6.61. The molecule has 3 atom stereocenters. The van der Waals surface area contributed by atoms with Gasteiger partial charge in [0.15, 0.2) is 0 Å². The number of rotatable bonds is 5. The van der Waals surface area contributed by atoms with E-state index in [0.29, 0.717) is 5.92 Å². The first-order valence-corrected chi connectivity index (χ1v) is 8.88. The van der Waals surface area contributed by atoms with E-state index in [1.165, 1.54) is 5.56 Å². The molecule has 0 unspecified atom stereocenters. The molecule has 3 aromatic rings. The first kappa shape index (κ1) is 16.1. The largest absolute Gasteiger partial charge is 0.468 e. The summed E-state index contributed by atoms with van der Waals surface area (Å²) in [6.45, 7) is 1.04. The van der Waals surface area contributed by atoms with Gasteiger partial charge in [0.25, 0.3) is 0 Å². The SMILES string of the molecule is OC[C@@H](c1ccccc1)N1CC[C@H](c2ccccc2)[C@@H]1c1ccco1. The summed E-state index contributed by atoms with van der Waals surface area (Å²) in [7, 11) is 0. The lowest BCUT2D eigenvalue weighted by molar-refractivity contribution is 0.0986. The van der Waals surface area contributed by atoms with Gasteiger partial charge in [-0.1, -0.05) is 60.7 Å². The molecular formula is C22H23NO2. The van der Waals surface area contributed by atoms with Gasteiger partial charge in [-0.25, -0.2) is 0 Å². The molecular weight excluding hydrogens is 310 g/mol. The maximum Gasteiger partial charge on any atom is 0.121 e. The fraction of sp³-hybridized carbons (Fsp3) is 0.273. The van der Waals surface area contributed by atoms with Crippen LogP contribution in [0.2, 0.25) is 0 Å². The van der Waals surface area contributed by atoms with Crippen molar-refractivity contribution in [1.82, 2.24) is 4.90 Å². The van der Waals surface area contributed by atoms with Crippen molar-refractivity contribution >= 4 is 0 Å². The molecule has 25 heavy (non-hydrogen) atoms. The zero-order valence-electron chi connectivity index (χ0n) is 14.2. The standard InChI is InChI=1S/C22H23NO2/c24-16-20(18-10-5-2-6-11-18)23-14-13-19(17-8-3-1-4-9-17)22(23)21-12-7-15-25-21/h1-12,15,19-20,22,24H,13-14,16H2/t19-,20+,22-/m1/s1. The Labute approximate surface area is 148 Å². The number of likely N-dealkylation sites (tertiary alicyclic amines) is 1. The molecule has 0 radical (unpaired) electrons. The minimum Gasteiger partial charge on any atom is -0.468 e. The van der Waals surface area contributed by atoms with Crippen LogP contribution in [0.4, 0.5) is 0 Å². The third-order valence-corrected chi connectivity index (χ3v) is 5.26. The normalized spacial score (nSPS) is 22.1. The van der Waals surface area contributed by atoms with Gasteiger partial charge < -0.3 is 9.52 Å². The van der Waals surface area contributed by atoms with Gasteiger partial charge in [0.1, 0.15) is 5.76 Å². The Hall–Kier alpha value is -2.36. The quantitative estimate of drug-likeness (QED) is 0.744. The predicted octanol–water partition coefficient (Wildman–Crippen LogP) is 4.54. The molecule has 1 aliphatic heterocycles. The molecule has 0 aliphatic carbocycles. The van der Waals surface area contributed by atoms with Crippen LogP contribution in [0.25, 0.3) is 0 Å². The molecule has 128 valence electrons. The minimum absolute atomic E-state index is 0.0231. The van der Waals surface area contributed by atoms with Crippen LogP contribution in [0.5, 0.6) is 0 Å². The van der Waals surface area contributed by atoms with Crippen LogP contribution in [0.3, 0.4) is 0 Å². The fourth-order valence-electron chi connectivity index (χ4n) is 4.11. The molecule has 0 spiro atoms. The van der Waals surface area contributed by atoms with Gasteiger partial charge in [0, 0.05) is 12.5 Å². The Morgan fingerprint density at radius 1 is 0.960 bits per heavy atom. The molecule has 3 heteroatoms. The number of aliphatic hydroxyl groups is 1. The lowest BCUT2D eigenvalue weighted by Gasteiger charge is -2.33. The Bertz CT molecular complexity index is 770. The average Bonchev–Trinajstić information content (AvgIpc) is 3.34. The van der Waals surface area contributed by atoms with Crippen LogP contribution in [0.1, 0.15) is 41.3 Å². The molecule has 0 amide bonds. The van der Waals surface area contributed by atoms with Crippen LogP contribution in [-0.2, 0) is 0 Å². The molecule has 0 saturated carbocycles. The second-order valence-corrected chi connectivity index (χ2v) is 6.61. The van der Waals surface area contributed by atoms with E-state index in [-0.39, 0.29) is 18.7 Å². The highest BCUT2D eigenvalue weighted by atomic mass is 16.3. The number of aliphatic hydroxyl groups excluding tert-OH is 1. The third kappa shape index (κ3) is 3.13. The highest BCUT2D eigenvalue weighted by Gasteiger charge is 2.41. The Morgan fingerprint density at radius 3 is 2.32 bits per heavy atom. The number of hydrogen-bond donors (Lipinski definition) is 1. The second kappa shape index (κ2) is 7.26. The lowest BCUT2D eigenvalue weighted by atomic mass is 9.90. The monoisotopic (exact) mass is 333 g/mol. The first-order chi connectivity index (χ1) is 12.4. The summed E-state index contributed by atoms with van der Waals surface area (Å²) in [4.78, 5) is 2.39. The van der Waals surface area contributed by atoms with Crippen LogP contribution in [0, 0.1) is 0 Å². The van der Waals surface area contributed by atoms with E-state index in [4.69, 9.17) is 4.42 Å². The van der Waals surface area contributed by atoms with E-state index in [0.717, 1.165) is 24.3 Å². The molecule has 1 aromatic heterocycles. The third-order valence-electron chi connectivity index (χ3n) is 5.26. The van der Waals surface area contributed by atoms with Crippen molar-refractivity contribution < 1.29 is 9.52 Å². The molecule has 0 bridgehead atoms. The van der Waals surface area contributed by atoms with Crippen molar-refractivity contribution in [1.29, 1.82) is 0 Å². The Morgan fingerprint density at radius 2 is 1.68 bits per heavy atom. The Kier molecular flexibility index (Phi) is 4.68. The molecule has 2 aromatic carbocycles. The summed E-state index contributed by atoms with van der Waals surface area (Å²) < 4.78 is 5.81. The van der Waals surface area contributed by atoms with Crippen molar-refractivity contribution in [3.05, 3.63) is 95.9 Å². The number of benzene rings is 2. The predicted molar refractivity (Wildman–Crippen MR) is 98.2 cm³/mol. The van der Waals surface area contributed by atoms with Crippen LogP contribution < -0.4 is 0 Å². The van der Waals surface area contributed by atoms with E-state index in [1.54, 1.807) is 6.26 Å². The number of hydrogen-bond acceptors (Lipinski definition) is 3. The number of nitrogens with zero attached hydrogens (tertiary/aromatic N) is 1. The van der Waals surface area contributed by atoms with Crippen molar-refractivity contribution in [2.24, 2.45) is 0 Å². The smallest absolute Gasteiger partial charge is 0.121 e. The Balaban J connectivity index is 1.72. The first-order valence-electron chi connectivity index (χ1n) is 8.88. The van der Waals surface area contributed by atoms with E-state index < -0.39 is 0 Å². The fourth-order valence-corrected chi connectivity index (χ4v) is 4.11. The lowest BCUT2D eigenvalue weighted by Crippen LogP contribution is -2.31. The summed E-state index contributed by atoms with van der Waals surface area (Å²) in [6, 6.07) is 25.0. The highest BCUT2D eigenvalue weighted by molar-refractivity contribution is 5.28. The van der Waals surface area contributed by atoms with Crippen molar-refractivity contribution in [2.75, 3.05) is 13.2 Å². The van der Waals surface area contributed by atoms with Crippen molar-refractivity contribution in [2.45, 2.75) is 24.4 Å². The van der Waals surface area contributed by atoms with E-state index >= 15 is 0 Å². The maximum absolute atomic E-state index is 10.1. The molecule has 4 rings (SSSR count). The molecule has 1 aliphatic rings. The van der Waals surface area contributed by atoms with Crippen LogP contribution in [0.15, 0.2) is 83.5 Å². The summed E-state index contributed by atoms with van der Waals surface area (Å²) in [5, 5.41) is 10.1. The average molecular weight is 333 g/mol. The van der Waals surface area contributed by atoms with E-state index in [9.17, 15) is 5.11 Å². The van der Waals surface area contributed by atoms with Crippen molar-refractivity contribution in [3.63, 3.8) is 0 Å². The summed E-state index contributed by atoms with van der Waals surface area (Å²) in [5.41, 5.74) is 2.48. The summed E-state index contributed by atoms with van der Waals surface area (Å²) >= 11 is 0. The molecule has 1 fully saturated rings. The van der Waals surface area contributed by atoms with Gasteiger partial charge in [0.05, 0.1) is 25.0 Å². The maximum atomic E-state index is 10.1. The van der Waals surface area contributed by atoms with Crippen LogP contribution >= 0.6 is 0 Å². The van der Waals surface area contributed by atoms with E-state index in [2.05, 4.69) is 53.4 Å². The van der Waals surface area contributed by atoms with Crippen LogP contribution in [-0.4, -0.2) is 23.2 Å². The summed E-state index contributed by atoms with van der Waals surface area (Å²) in [6.07, 6.45) is 2.79.